The van der Waals surface area contributed by atoms with E-state index in [0.717, 1.165) is 25.7 Å². The van der Waals surface area contributed by atoms with Gasteiger partial charge in [0.15, 0.2) is 0 Å². The quantitative estimate of drug-likeness (QED) is 0.767. The standard InChI is InChI=1S/C17H22O/c1-17(9-5-2-6-10-17)16(18)15-11-13-7-3-4-8-14(13)12-15/h3-4,7-8,15H,2,5-6,9-12H2,1H3. The Bertz CT molecular complexity index is 429. The molecular formula is C17H22O. The fourth-order valence-corrected chi connectivity index (χ4v) is 3.82. The van der Waals surface area contributed by atoms with Crippen LogP contribution in [0.15, 0.2) is 24.3 Å². The average molecular weight is 242 g/mol. The maximum Gasteiger partial charge on any atom is 0.142 e. The zero-order valence-corrected chi connectivity index (χ0v) is 11.2. The van der Waals surface area contributed by atoms with Gasteiger partial charge in [0, 0.05) is 11.3 Å². The van der Waals surface area contributed by atoms with Crippen molar-refractivity contribution in [1.29, 1.82) is 0 Å². The molecule has 2 aliphatic rings. The van der Waals surface area contributed by atoms with Gasteiger partial charge in [-0.1, -0.05) is 50.5 Å². The van der Waals surface area contributed by atoms with E-state index in [1.807, 2.05) is 0 Å². The topological polar surface area (TPSA) is 17.1 Å². The summed E-state index contributed by atoms with van der Waals surface area (Å²) in [7, 11) is 0. The van der Waals surface area contributed by atoms with Crippen LogP contribution in [-0.2, 0) is 17.6 Å². The predicted octanol–water partition coefficient (Wildman–Crippen LogP) is 3.94. The van der Waals surface area contributed by atoms with E-state index in [2.05, 4.69) is 31.2 Å². The molecule has 1 fully saturated rings. The number of fused-ring (bicyclic) bond motifs is 1. The molecule has 1 aromatic rings. The number of Topliss-reactive ketones (excluding diaryl/α,β-unsaturated/α-hetero) is 1. The Morgan fingerprint density at radius 1 is 1.06 bits per heavy atom. The lowest BCUT2D eigenvalue weighted by Gasteiger charge is -2.34. The molecule has 18 heavy (non-hydrogen) atoms. The molecular weight excluding hydrogens is 220 g/mol. The summed E-state index contributed by atoms with van der Waals surface area (Å²) in [6.45, 7) is 2.21. The first kappa shape index (κ1) is 12.0. The predicted molar refractivity (Wildman–Crippen MR) is 73.5 cm³/mol. The van der Waals surface area contributed by atoms with E-state index < -0.39 is 0 Å². The molecule has 1 aromatic carbocycles. The molecule has 0 unspecified atom stereocenters. The van der Waals surface area contributed by atoms with Crippen LogP contribution in [0.1, 0.15) is 50.2 Å². The molecule has 0 heterocycles. The Hall–Kier alpha value is -1.11. The minimum atomic E-state index is -0.0229. The van der Waals surface area contributed by atoms with Crippen LogP contribution in [-0.4, -0.2) is 5.78 Å². The SMILES string of the molecule is CC1(C(=O)C2Cc3ccccc3C2)CCCCC1. The molecule has 0 radical (unpaired) electrons. The van der Waals surface area contributed by atoms with E-state index in [-0.39, 0.29) is 11.3 Å². The van der Waals surface area contributed by atoms with Gasteiger partial charge in [0.05, 0.1) is 0 Å². The summed E-state index contributed by atoms with van der Waals surface area (Å²) in [5.74, 6) is 0.795. The van der Waals surface area contributed by atoms with Crippen LogP contribution >= 0.6 is 0 Å². The molecule has 1 saturated carbocycles. The molecule has 3 rings (SSSR count). The Morgan fingerprint density at radius 3 is 2.17 bits per heavy atom. The summed E-state index contributed by atoms with van der Waals surface area (Å²) in [5, 5.41) is 0. The van der Waals surface area contributed by atoms with Gasteiger partial charge in [0.1, 0.15) is 5.78 Å². The van der Waals surface area contributed by atoms with Crippen molar-refractivity contribution in [3.05, 3.63) is 35.4 Å². The Kier molecular flexibility index (Phi) is 3.01. The van der Waals surface area contributed by atoms with Gasteiger partial charge in [0.25, 0.3) is 0 Å². The molecule has 0 saturated heterocycles. The number of carbonyl (C=O) groups is 1. The largest absolute Gasteiger partial charge is 0.299 e. The fraction of sp³-hybridized carbons (Fsp3) is 0.588. The van der Waals surface area contributed by atoms with Crippen molar-refractivity contribution in [3.63, 3.8) is 0 Å². The van der Waals surface area contributed by atoms with Crippen molar-refractivity contribution in [3.8, 4) is 0 Å². The number of ketones is 1. The van der Waals surface area contributed by atoms with Gasteiger partial charge < -0.3 is 0 Å². The van der Waals surface area contributed by atoms with Crippen LogP contribution in [0.4, 0.5) is 0 Å². The van der Waals surface area contributed by atoms with Crippen molar-refractivity contribution < 1.29 is 4.79 Å². The van der Waals surface area contributed by atoms with Crippen LogP contribution in [0.25, 0.3) is 0 Å². The number of hydrogen-bond donors (Lipinski definition) is 0. The third-order valence-corrected chi connectivity index (χ3v) is 4.97. The fourth-order valence-electron chi connectivity index (χ4n) is 3.82. The van der Waals surface area contributed by atoms with Crippen molar-refractivity contribution >= 4 is 5.78 Å². The third-order valence-electron chi connectivity index (χ3n) is 4.97. The number of hydrogen-bond acceptors (Lipinski definition) is 1. The highest BCUT2D eigenvalue weighted by Crippen LogP contribution is 2.41. The van der Waals surface area contributed by atoms with Gasteiger partial charge >= 0.3 is 0 Å². The highest BCUT2D eigenvalue weighted by atomic mass is 16.1. The highest BCUT2D eigenvalue weighted by Gasteiger charge is 2.40. The van der Waals surface area contributed by atoms with E-state index in [0.29, 0.717) is 5.78 Å². The molecule has 1 heteroatoms. The van der Waals surface area contributed by atoms with Crippen molar-refractivity contribution in [2.24, 2.45) is 11.3 Å². The molecule has 0 amide bonds. The van der Waals surface area contributed by atoms with E-state index >= 15 is 0 Å². The lowest BCUT2D eigenvalue weighted by atomic mass is 9.69. The van der Waals surface area contributed by atoms with Crippen LogP contribution in [0, 0.1) is 11.3 Å². The summed E-state index contributed by atoms with van der Waals surface area (Å²) in [6, 6.07) is 8.56. The summed E-state index contributed by atoms with van der Waals surface area (Å²) in [5.41, 5.74) is 2.77. The summed E-state index contributed by atoms with van der Waals surface area (Å²) < 4.78 is 0. The van der Waals surface area contributed by atoms with Crippen molar-refractivity contribution in [2.45, 2.75) is 51.9 Å². The van der Waals surface area contributed by atoms with E-state index in [9.17, 15) is 4.79 Å². The normalized spacial score (nSPS) is 22.7. The summed E-state index contributed by atoms with van der Waals surface area (Å²) in [4.78, 5) is 12.8. The smallest absolute Gasteiger partial charge is 0.142 e. The first-order valence-electron chi connectivity index (χ1n) is 7.30. The van der Waals surface area contributed by atoms with Crippen LogP contribution in [0.3, 0.4) is 0 Å². The molecule has 0 spiro atoms. The zero-order chi connectivity index (χ0) is 12.6. The van der Waals surface area contributed by atoms with Gasteiger partial charge in [-0.15, -0.1) is 0 Å². The monoisotopic (exact) mass is 242 g/mol. The Labute approximate surface area is 110 Å². The maximum atomic E-state index is 12.8. The van der Waals surface area contributed by atoms with E-state index in [1.54, 1.807) is 0 Å². The minimum Gasteiger partial charge on any atom is -0.299 e. The first-order valence-corrected chi connectivity index (χ1v) is 7.30. The molecule has 96 valence electrons. The van der Waals surface area contributed by atoms with Gasteiger partial charge in [0.2, 0.25) is 0 Å². The number of carbonyl (C=O) groups excluding carboxylic acids is 1. The van der Waals surface area contributed by atoms with Gasteiger partial charge in [-0.05, 0) is 36.8 Å². The summed E-state index contributed by atoms with van der Waals surface area (Å²) in [6.07, 6.45) is 7.96. The Balaban J connectivity index is 1.76. The highest BCUT2D eigenvalue weighted by molar-refractivity contribution is 5.88. The van der Waals surface area contributed by atoms with Crippen molar-refractivity contribution in [2.75, 3.05) is 0 Å². The molecule has 1 nitrogen and oxygen atoms in total. The first-order chi connectivity index (χ1) is 8.69. The van der Waals surface area contributed by atoms with Crippen LogP contribution < -0.4 is 0 Å². The second-order valence-corrected chi connectivity index (χ2v) is 6.36. The van der Waals surface area contributed by atoms with E-state index in [1.165, 1.54) is 30.4 Å². The Morgan fingerprint density at radius 2 is 1.61 bits per heavy atom. The minimum absolute atomic E-state index is 0.0229. The summed E-state index contributed by atoms with van der Waals surface area (Å²) >= 11 is 0. The molecule has 0 atom stereocenters. The molecule has 0 aliphatic heterocycles. The lowest BCUT2D eigenvalue weighted by Crippen LogP contribution is -2.35. The second kappa shape index (κ2) is 4.53. The molecule has 0 aromatic heterocycles. The van der Waals surface area contributed by atoms with E-state index in [4.69, 9.17) is 0 Å². The molecule has 0 N–H and O–H groups in total. The number of rotatable bonds is 2. The van der Waals surface area contributed by atoms with Gasteiger partial charge in [-0.2, -0.15) is 0 Å². The van der Waals surface area contributed by atoms with Gasteiger partial charge in [-0.3, -0.25) is 4.79 Å². The second-order valence-electron chi connectivity index (χ2n) is 6.36. The van der Waals surface area contributed by atoms with Crippen LogP contribution in [0.2, 0.25) is 0 Å². The lowest BCUT2D eigenvalue weighted by molar-refractivity contribution is -0.133. The van der Waals surface area contributed by atoms with Crippen LogP contribution in [0.5, 0.6) is 0 Å². The van der Waals surface area contributed by atoms with Crippen molar-refractivity contribution in [1.82, 2.24) is 0 Å². The third kappa shape index (κ3) is 2.00. The van der Waals surface area contributed by atoms with Gasteiger partial charge in [-0.25, -0.2) is 0 Å². The average Bonchev–Trinajstić information content (AvgIpc) is 2.82. The maximum absolute atomic E-state index is 12.8. The molecule has 0 bridgehead atoms. The zero-order valence-electron chi connectivity index (χ0n) is 11.2. The number of benzene rings is 1. The molecule has 2 aliphatic carbocycles.